The first-order chi connectivity index (χ1) is 22.3. The SMILES string of the molecule is c1ccc(-c2nc(-c3cccc(-c4ccc(-c5nc6ccccc6c6nc7ccccn7c56)cc4)c3)c3ccccc3n2)cc1. The number of pyridine rings is 2. The van der Waals surface area contributed by atoms with Crippen molar-refractivity contribution in [2.45, 2.75) is 0 Å². The van der Waals surface area contributed by atoms with E-state index in [1.807, 2.05) is 60.7 Å². The molecular weight excluding hydrogens is 550 g/mol. The van der Waals surface area contributed by atoms with Gasteiger partial charge in [-0.25, -0.2) is 19.9 Å². The van der Waals surface area contributed by atoms with Crippen LogP contribution in [-0.2, 0) is 0 Å². The maximum atomic E-state index is 5.14. The van der Waals surface area contributed by atoms with Gasteiger partial charge in [-0.15, -0.1) is 0 Å². The molecule has 4 aromatic heterocycles. The Morgan fingerprint density at radius 1 is 0.400 bits per heavy atom. The van der Waals surface area contributed by atoms with Crippen LogP contribution in [0.15, 0.2) is 152 Å². The highest BCUT2D eigenvalue weighted by atomic mass is 15.0. The Bertz CT molecular complexity index is 2530. The highest BCUT2D eigenvalue weighted by Crippen LogP contribution is 2.35. The molecule has 0 N–H and O–H groups in total. The van der Waals surface area contributed by atoms with Gasteiger partial charge in [0.25, 0.3) is 0 Å². The molecule has 0 atom stereocenters. The van der Waals surface area contributed by atoms with Crippen LogP contribution in [0.3, 0.4) is 0 Å². The summed E-state index contributed by atoms with van der Waals surface area (Å²) in [5.74, 6) is 0.723. The number of imidazole rings is 1. The minimum absolute atomic E-state index is 0.723. The Hall–Kier alpha value is -6.20. The van der Waals surface area contributed by atoms with E-state index in [2.05, 4.69) is 95.5 Å². The van der Waals surface area contributed by atoms with Crippen LogP contribution >= 0.6 is 0 Å². The third kappa shape index (κ3) is 4.25. The van der Waals surface area contributed by atoms with E-state index in [-0.39, 0.29) is 0 Å². The minimum atomic E-state index is 0.723. The van der Waals surface area contributed by atoms with Gasteiger partial charge in [-0.05, 0) is 41.5 Å². The summed E-state index contributed by atoms with van der Waals surface area (Å²) in [6.07, 6.45) is 2.06. The highest BCUT2D eigenvalue weighted by Gasteiger charge is 2.17. The lowest BCUT2D eigenvalue weighted by Gasteiger charge is -2.11. The summed E-state index contributed by atoms with van der Waals surface area (Å²) in [6.45, 7) is 0. The Labute approximate surface area is 259 Å². The quantitative estimate of drug-likeness (QED) is 0.210. The zero-order valence-corrected chi connectivity index (χ0v) is 24.2. The molecule has 210 valence electrons. The van der Waals surface area contributed by atoms with Gasteiger partial charge in [0.2, 0.25) is 0 Å². The average molecular weight is 576 g/mol. The van der Waals surface area contributed by atoms with Crippen LogP contribution in [0.4, 0.5) is 0 Å². The van der Waals surface area contributed by atoms with Crippen molar-refractivity contribution >= 4 is 38.5 Å². The van der Waals surface area contributed by atoms with Crippen molar-refractivity contribution in [1.29, 1.82) is 0 Å². The number of hydrogen-bond acceptors (Lipinski definition) is 4. The summed E-state index contributed by atoms with van der Waals surface area (Å²) < 4.78 is 2.14. The first kappa shape index (κ1) is 25.3. The van der Waals surface area contributed by atoms with E-state index in [9.17, 15) is 0 Å². The topological polar surface area (TPSA) is 56.0 Å². The molecule has 0 amide bonds. The fourth-order valence-corrected chi connectivity index (χ4v) is 6.24. The van der Waals surface area contributed by atoms with E-state index in [4.69, 9.17) is 19.9 Å². The van der Waals surface area contributed by atoms with Crippen molar-refractivity contribution in [3.8, 4) is 45.0 Å². The summed E-state index contributed by atoms with van der Waals surface area (Å²) in [5.41, 5.74) is 11.9. The molecule has 0 bridgehead atoms. The fourth-order valence-electron chi connectivity index (χ4n) is 6.24. The maximum absolute atomic E-state index is 5.14. The second-order valence-corrected chi connectivity index (χ2v) is 11.2. The van der Waals surface area contributed by atoms with Gasteiger partial charge in [-0.1, -0.05) is 115 Å². The van der Waals surface area contributed by atoms with Gasteiger partial charge < -0.3 is 0 Å². The lowest BCUT2D eigenvalue weighted by molar-refractivity contribution is 1.22. The standard InChI is InChI=1S/C40H25N5/c1-2-11-28(12-3-1)40-42-34-18-7-4-15-31(34)36(44-40)30-14-10-13-29(25-30)26-20-22-27(23-21-26)37-39-38(32-16-5-6-17-33(32)41-37)43-35-19-8-9-24-45(35)39/h1-25H. The normalized spacial score (nSPS) is 11.6. The molecule has 5 aromatic carbocycles. The van der Waals surface area contributed by atoms with Crippen LogP contribution in [0.5, 0.6) is 0 Å². The predicted octanol–water partition coefficient (Wildman–Crippen LogP) is 9.65. The molecule has 5 heteroatoms. The maximum Gasteiger partial charge on any atom is 0.160 e. The molecule has 9 rings (SSSR count). The van der Waals surface area contributed by atoms with Crippen LogP contribution in [0.2, 0.25) is 0 Å². The summed E-state index contributed by atoms with van der Waals surface area (Å²) in [6, 6.07) is 50.0. The summed E-state index contributed by atoms with van der Waals surface area (Å²) in [4.78, 5) is 20.1. The van der Waals surface area contributed by atoms with Gasteiger partial charge in [-0.3, -0.25) is 4.40 Å². The van der Waals surface area contributed by atoms with Crippen molar-refractivity contribution in [3.05, 3.63) is 152 Å². The van der Waals surface area contributed by atoms with Crippen LogP contribution in [-0.4, -0.2) is 24.3 Å². The third-order valence-electron chi connectivity index (χ3n) is 8.41. The number of para-hydroxylation sites is 2. The molecule has 0 fully saturated rings. The third-order valence-corrected chi connectivity index (χ3v) is 8.41. The van der Waals surface area contributed by atoms with E-state index >= 15 is 0 Å². The zero-order valence-electron chi connectivity index (χ0n) is 24.2. The van der Waals surface area contributed by atoms with Gasteiger partial charge in [0, 0.05) is 33.7 Å². The molecule has 0 spiro atoms. The van der Waals surface area contributed by atoms with Crippen LogP contribution < -0.4 is 0 Å². The number of benzene rings is 5. The molecule has 0 aliphatic heterocycles. The molecule has 0 radical (unpaired) electrons. The summed E-state index contributed by atoms with van der Waals surface area (Å²) >= 11 is 0. The van der Waals surface area contributed by atoms with Crippen LogP contribution in [0.25, 0.3) is 83.5 Å². The number of aromatic nitrogens is 5. The van der Waals surface area contributed by atoms with Crippen LogP contribution in [0.1, 0.15) is 0 Å². The van der Waals surface area contributed by atoms with E-state index in [0.717, 1.165) is 83.5 Å². The monoisotopic (exact) mass is 575 g/mol. The van der Waals surface area contributed by atoms with Gasteiger partial charge in [-0.2, -0.15) is 0 Å². The van der Waals surface area contributed by atoms with E-state index in [1.165, 1.54) is 0 Å². The molecule has 0 unspecified atom stereocenters. The molecule has 0 saturated carbocycles. The van der Waals surface area contributed by atoms with Crippen molar-refractivity contribution in [2.75, 3.05) is 0 Å². The number of hydrogen-bond donors (Lipinski definition) is 0. The largest absolute Gasteiger partial charge is 0.298 e. The number of rotatable bonds is 4. The average Bonchev–Trinajstić information content (AvgIpc) is 3.51. The molecule has 0 saturated heterocycles. The predicted molar refractivity (Wildman–Crippen MR) is 183 cm³/mol. The fraction of sp³-hybridized carbons (Fsp3) is 0. The minimum Gasteiger partial charge on any atom is -0.298 e. The molecular formula is C40H25N5. The van der Waals surface area contributed by atoms with E-state index in [1.54, 1.807) is 0 Å². The lowest BCUT2D eigenvalue weighted by atomic mass is 9.98. The Kier molecular flexibility index (Phi) is 5.74. The van der Waals surface area contributed by atoms with E-state index < -0.39 is 0 Å². The zero-order chi connectivity index (χ0) is 29.7. The molecule has 5 nitrogen and oxygen atoms in total. The van der Waals surface area contributed by atoms with Crippen molar-refractivity contribution in [3.63, 3.8) is 0 Å². The number of nitrogens with zero attached hydrogens (tertiary/aromatic N) is 5. The molecule has 9 aromatic rings. The van der Waals surface area contributed by atoms with Crippen molar-refractivity contribution < 1.29 is 0 Å². The Balaban J connectivity index is 1.16. The lowest BCUT2D eigenvalue weighted by Crippen LogP contribution is -1.95. The second kappa shape index (κ2) is 10.2. The first-order valence-corrected chi connectivity index (χ1v) is 15.0. The van der Waals surface area contributed by atoms with Gasteiger partial charge >= 0.3 is 0 Å². The molecule has 0 aliphatic carbocycles. The highest BCUT2D eigenvalue weighted by molar-refractivity contribution is 6.09. The number of fused-ring (bicyclic) bond motifs is 6. The molecule has 0 aliphatic rings. The van der Waals surface area contributed by atoms with Crippen molar-refractivity contribution in [1.82, 2.24) is 24.3 Å². The first-order valence-electron chi connectivity index (χ1n) is 15.0. The smallest absolute Gasteiger partial charge is 0.160 e. The Morgan fingerprint density at radius 3 is 1.91 bits per heavy atom. The summed E-state index contributed by atoms with van der Waals surface area (Å²) in [7, 11) is 0. The van der Waals surface area contributed by atoms with Gasteiger partial charge in [0.1, 0.15) is 11.2 Å². The second-order valence-electron chi connectivity index (χ2n) is 11.2. The van der Waals surface area contributed by atoms with Gasteiger partial charge in [0.15, 0.2) is 5.82 Å². The van der Waals surface area contributed by atoms with Crippen LogP contribution in [0, 0.1) is 0 Å². The molecule has 4 heterocycles. The Morgan fingerprint density at radius 2 is 1.07 bits per heavy atom. The summed E-state index contributed by atoms with van der Waals surface area (Å²) in [5, 5.41) is 2.09. The van der Waals surface area contributed by atoms with Crippen molar-refractivity contribution in [2.24, 2.45) is 0 Å². The van der Waals surface area contributed by atoms with E-state index in [0.29, 0.717) is 0 Å². The molecule has 45 heavy (non-hydrogen) atoms. The van der Waals surface area contributed by atoms with Gasteiger partial charge in [0.05, 0.1) is 27.9 Å².